The molecule has 34 heavy (non-hydrogen) atoms. The van der Waals surface area contributed by atoms with E-state index >= 15 is 0 Å². The Balaban J connectivity index is 2.41. The van der Waals surface area contributed by atoms with Gasteiger partial charge in [-0.1, -0.05) is 30.3 Å². The number of carbonyl (C=O) groups excluding carboxylic acids is 2. The molecular formula is C24H21N3O7. The second kappa shape index (κ2) is 9.79. The minimum atomic E-state index is -1.23. The molecule has 0 saturated heterocycles. The average molecular weight is 463 g/mol. The van der Waals surface area contributed by atoms with Crippen LogP contribution in [0.3, 0.4) is 0 Å². The van der Waals surface area contributed by atoms with Crippen molar-refractivity contribution in [2.75, 3.05) is 26.2 Å². The van der Waals surface area contributed by atoms with Gasteiger partial charge in [-0.05, 0) is 17.7 Å². The van der Waals surface area contributed by atoms with Gasteiger partial charge < -0.3 is 25.1 Å². The van der Waals surface area contributed by atoms with E-state index in [0.29, 0.717) is 5.56 Å². The van der Waals surface area contributed by atoms with Gasteiger partial charge in [0, 0.05) is 6.07 Å². The summed E-state index contributed by atoms with van der Waals surface area (Å²) in [6.07, 6.45) is 0. The number of nitrogens with two attached hydrogens (primary N) is 1. The van der Waals surface area contributed by atoms with Crippen LogP contribution < -0.4 is 15.4 Å². The molecule has 1 aliphatic heterocycles. The molecule has 174 valence electrons. The van der Waals surface area contributed by atoms with Gasteiger partial charge in [-0.3, -0.25) is 4.90 Å². The van der Waals surface area contributed by atoms with Crippen molar-refractivity contribution in [2.24, 2.45) is 5.73 Å². The van der Waals surface area contributed by atoms with E-state index in [9.17, 15) is 24.8 Å². The van der Waals surface area contributed by atoms with E-state index in [-0.39, 0.29) is 39.7 Å². The van der Waals surface area contributed by atoms with Crippen LogP contribution in [0.2, 0.25) is 0 Å². The first-order chi connectivity index (χ1) is 16.3. The topological polar surface area (TPSA) is 152 Å². The van der Waals surface area contributed by atoms with Crippen LogP contribution in [0.15, 0.2) is 71.2 Å². The number of ether oxygens (including phenoxy) is 3. The molecule has 0 aromatic heterocycles. The van der Waals surface area contributed by atoms with Crippen molar-refractivity contribution in [1.82, 2.24) is 0 Å². The molecule has 10 nitrogen and oxygen atoms in total. The number of hydrogen-bond acceptors (Lipinski definition) is 9. The lowest BCUT2D eigenvalue weighted by atomic mass is 9.81. The summed E-state index contributed by atoms with van der Waals surface area (Å²) in [5.74, 6) is -4.19. The van der Waals surface area contributed by atoms with Crippen molar-refractivity contribution in [3.05, 3.63) is 82.3 Å². The molecule has 10 heteroatoms. The third-order valence-corrected chi connectivity index (χ3v) is 5.28. The fraction of sp³-hybridized carbons (Fsp3) is 0.167. The maximum absolute atomic E-state index is 13.0. The number of allylic oxidation sites excluding steroid dienone is 1. The Bertz CT molecular complexity index is 1260. The van der Waals surface area contributed by atoms with Gasteiger partial charge in [-0.2, -0.15) is 5.26 Å². The van der Waals surface area contributed by atoms with Crippen molar-refractivity contribution in [2.45, 2.75) is 5.92 Å². The van der Waals surface area contributed by atoms with E-state index in [2.05, 4.69) is 0 Å². The predicted molar refractivity (Wildman–Crippen MR) is 119 cm³/mol. The van der Waals surface area contributed by atoms with Gasteiger partial charge in [-0.15, -0.1) is 0 Å². The monoisotopic (exact) mass is 463 g/mol. The Hall–Kier alpha value is -4.78. The first-order valence-electron chi connectivity index (χ1n) is 9.87. The fourth-order valence-corrected chi connectivity index (χ4v) is 3.78. The Morgan fingerprint density at radius 3 is 2.21 bits per heavy atom. The Labute approximate surface area is 195 Å². The minimum absolute atomic E-state index is 0.0134. The number of methoxy groups -OCH3 is 3. The molecule has 2 aromatic rings. The summed E-state index contributed by atoms with van der Waals surface area (Å²) in [6.45, 7) is 0. The zero-order chi connectivity index (χ0) is 25.0. The highest BCUT2D eigenvalue weighted by atomic mass is 16.5. The molecule has 0 fully saturated rings. The van der Waals surface area contributed by atoms with Crippen LogP contribution >= 0.6 is 0 Å². The Kier molecular flexibility index (Phi) is 6.87. The minimum Gasteiger partial charge on any atom is -0.496 e. The number of anilines is 1. The second-order valence-electron chi connectivity index (χ2n) is 7.03. The van der Waals surface area contributed by atoms with E-state index in [1.54, 1.807) is 30.3 Å². The summed E-state index contributed by atoms with van der Waals surface area (Å²) >= 11 is 0. The van der Waals surface area contributed by atoms with Gasteiger partial charge in [0.25, 0.3) is 0 Å². The molecule has 1 heterocycles. The average Bonchev–Trinajstić information content (AvgIpc) is 2.86. The molecule has 1 aliphatic rings. The molecule has 0 bridgehead atoms. The molecule has 1 unspecified atom stereocenters. The van der Waals surface area contributed by atoms with Crippen LogP contribution in [0.25, 0.3) is 0 Å². The van der Waals surface area contributed by atoms with Crippen LogP contribution in [-0.2, 0) is 19.1 Å². The molecule has 0 amide bonds. The molecule has 3 rings (SSSR count). The highest BCUT2D eigenvalue weighted by Crippen LogP contribution is 2.43. The van der Waals surface area contributed by atoms with Crippen LogP contribution in [0.1, 0.15) is 21.8 Å². The summed E-state index contributed by atoms with van der Waals surface area (Å²) in [5.41, 5.74) is 6.52. The summed E-state index contributed by atoms with van der Waals surface area (Å²) in [5, 5.41) is 19.4. The van der Waals surface area contributed by atoms with Gasteiger partial charge in [0.2, 0.25) is 0 Å². The van der Waals surface area contributed by atoms with Gasteiger partial charge in [0.1, 0.15) is 22.8 Å². The number of nitrogens with zero attached hydrogens (tertiary/aromatic N) is 2. The highest BCUT2D eigenvalue weighted by molar-refractivity contribution is 6.06. The Morgan fingerprint density at radius 1 is 1.03 bits per heavy atom. The van der Waals surface area contributed by atoms with Crippen molar-refractivity contribution in [3.8, 4) is 11.8 Å². The van der Waals surface area contributed by atoms with Crippen LogP contribution in [-0.4, -0.2) is 44.3 Å². The number of esters is 2. The lowest BCUT2D eigenvalue weighted by Gasteiger charge is -2.36. The van der Waals surface area contributed by atoms with Crippen LogP contribution in [0.4, 0.5) is 5.69 Å². The number of rotatable bonds is 6. The number of nitriles is 1. The van der Waals surface area contributed by atoms with Crippen molar-refractivity contribution >= 4 is 23.6 Å². The Morgan fingerprint density at radius 2 is 1.68 bits per heavy atom. The number of carboxylic acids is 1. The van der Waals surface area contributed by atoms with E-state index in [1.165, 1.54) is 25.3 Å². The largest absolute Gasteiger partial charge is 0.496 e. The zero-order valence-corrected chi connectivity index (χ0v) is 18.6. The number of carboxylic acid groups (broad SMARTS) is 1. The van der Waals surface area contributed by atoms with E-state index in [0.717, 1.165) is 19.1 Å². The smallest absolute Gasteiger partial charge is 0.355 e. The summed E-state index contributed by atoms with van der Waals surface area (Å²) in [7, 11) is 3.56. The first kappa shape index (κ1) is 23.9. The number of aromatic carboxylic acids is 1. The van der Waals surface area contributed by atoms with Gasteiger partial charge in [-0.25, -0.2) is 14.4 Å². The van der Waals surface area contributed by atoms with Gasteiger partial charge >= 0.3 is 17.9 Å². The molecular weight excluding hydrogens is 442 g/mol. The van der Waals surface area contributed by atoms with Gasteiger partial charge in [0.05, 0.1) is 50.2 Å². The lowest BCUT2D eigenvalue weighted by molar-refractivity contribution is -0.139. The maximum Gasteiger partial charge on any atom is 0.355 e. The predicted octanol–water partition coefficient (Wildman–Crippen LogP) is 2.29. The lowest BCUT2D eigenvalue weighted by Crippen LogP contribution is -2.40. The van der Waals surface area contributed by atoms with Crippen molar-refractivity contribution in [1.29, 1.82) is 5.26 Å². The zero-order valence-electron chi connectivity index (χ0n) is 18.6. The van der Waals surface area contributed by atoms with Crippen molar-refractivity contribution < 1.29 is 33.7 Å². The fourth-order valence-electron chi connectivity index (χ4n) is 3.78. The summed E-state index contributed by atoms with van der Waals surface area (Å²) in [6, 6.07) is 14.6. The maximum atomic E-state index is 13.0. The van der Waals surface area contributed by atoms with Crippen LogP contribution in [0.5, 0.6) is 5.75 Å². The SMILES string of the molecule is COC(=O)C1=C(C(=O)OC)N(c2ccc(C(=O)O)c(OC)c2)C(N)=C(C#N)C1c1ccccc1. The summed E-state index contributed by atoms with van der Waals surface area (Å²) < 4.78 is 15.1. The quantitative estimate of drug-likeness (QED) is 0.610. The summed E-state index contributed by atoms with van der Waals surface area (Å²) in [4.78, 5) is 38.7. The van der Waals surface area contributed by atoms with Crippen molar-refractivity contribution in [3.63, 3.8) is 0 Å². The third-order valence-electron chi connectivity index (χ3n) is 5.28. The molecule has 0 aliphatic carbocycles. The molecule has 0 spiro atoms. The first-order valence-corrected chi connectivity index (χ1v) is 9.87. The van der Waals surface area contributed by atoms with E-state index in [1.807, 2.05) is 6.07 Å². The number of hydrogen-bond donors (Lipinski definition) is 2. The molecule has 2 aromatic carbocycles. The normalized spacial score (nSPS) is 15.5. The van der Waals surface area contributed by atoms with E-state index in [4.69, 9.17) is 19.9 Å². The molecule has 1 atom stereocenters. The van der Waals surface area contributed by atoms with E-state index < -0.39 is 23.8 Å². The molecule has 0 radical (unpaired) electrons. The standard InChI is InChI=1S/C24H21N3O7/c1-32-17-11-14(9-10-15(17)22(28)29)27-20(24(31)34-3)19(23(30)33-2)18(16(12-25)21(27)26)13-7-5-4-6-8-13/h4-11,18H,26H2,1-3H3,(H,28,29). The molecule has 0 saturated carbocycles. The third kappa shape index (κ3) is 4.02. The number of benzene rings is 2. The van der Waals surface area contributed by atoms with Gasteiger partial charge in [0.15, 0.2) is 0 Å². The number of carbonyl (C=O) groups is 3. The highest BCUT2D eigenvalue weighted by Gasteiger charge is 2.43. The second-order valence-corrected chi connectivity index (χ2v) is 7.03. The molecule has 3 N–H and O–H groups in total. The van der Waals surface area contributed by atoms with Crippen LogP contribution in [0, 0.1) is 11.3 Å².